The van der Waals surface area contributed by atoms with E-state index >= 15 is 0 Å². The normalized spacial score (nSPS) is 9.22. The van der Waals surface area contributed by atoms with E-state index in [2.05, 4.69) is 12.7 Å². The average Bonchev–Trinajstić information content (AvgIpc) is 2.29. The molecule has 1 aromatic carbocycles. The highest BCUT2D eigenvalue weighted by Gasteiger charge is 2.23. The van der Waals surface area contributed by atoms with Gasteiger partial charge >= 0.3 is 11.4 Å². The third kappa shape index (κ3) is 4.74. The molecule has 0 radical (unpaired) electrons. The van der Waals surface area contributed by atoms with Crippen LogP contribution in [0.5, 0.6) is 5.75 Å². The molecule has 0 aliphatic carbocycles. The van der Waals surface area contributed by atoms with Crippen molar-refractivity contribution in [3.63, 3.8) is 0 Å². The summed E-state index contributed by atoms with van der Waals surface area (Å²) in [5.41, 5.74) is 1.90. The summed E-state index contributed by atoms with van der Waals surface area (Å²) in [7, 11) is 0. The summed E-state index contributed by atoms with van der Waals surface area (Å²) >= 11 is 0. The molecule has 0 aliphatic heterocycles. The first-order valence-corrected chi connectivity index (χ1v) is 5.33. The number of para-hydroxylation sites is 1. The van der Waals surface area contributed by atoms with E-state index in [-0.39, 0.29) is 0 Å². The van der Waals surface area contributed by atoms with Gasteiger partial charge < -0.3 is 10.8 Å². The van der Waals surface area contributed by atoms with Crippen LogP contribution in [-0.4, -0.2) is 16.4 Å². The molecule has 18 heavy (non-hydrogen) atoms. The molecule has 3 N–H and O–H groups in total. The molecule has 0 fully saturated rings. The Morgan fingerprint density at radius 3 is 2.11 bits per heavy atom. The molecule has 0 heterocycles. The molecule has 0 spiro atoms. The molecule has 1 rings (SSSR count). The van der Waals surface area contributed by atoms with Gasteiger partial charge in [0.2, 0.25) is 0 Å². The highest BCUT2D eigenvalue weighted by Crippen LogP contribution is 2.32. The molecule has 0 bridgehead atoms. The minimum atomic E-state index is -1.06. The Labute approximate surface area is 103 Å². The molecule has 1 aromatic rings. The Kier molecular flexibility index (Phi) is 6.98. The number of rotatable bonds is 4. The van der Waals surface area contributed by atoms with Crippen molar-refractivity contribution in [1.82, 2.24) is 0 Å². The van der Waals surface area contributed by atoms with Crippen molar-refractivity contribution in [2.24, 2.45) is 0 Å². The molecule has 0 unspecified atom stereocenters. The minimum absolute atomic E-state index is 0.780. The lowest BCUT2D eigenvalue weighted by Gasteiger charge is -2.04. The van der Waals surface area contributed by atoms with Crippen LogP contribution in [0.4, 0.5) is 11.4 Å². The van der Waals surface area contributed by atoms with E-state index in [1.807, 2.05) is 0 Å². The van der Waals surface area contributed by atoms with Crippen molar-refractivity contribution >= 4 is 11.4 Å². The van der Waals surface area contributed by atoms with E-state index in [1.165, 1.54) is 12.8 Å². The predicted molar refractivity (Wildman–Crippen MR) is 61.9 cm³/mol. The first-order chi connectivity index (χ1) is 8.45. The smallest absolute Gasteiger partial charge is 0.345 e. The number of nitro groups is 2. The third-order valence-electron chi connectivity index (χ3n) is 1.96. The molecule has 0 saturated carbocycles. The van der Waals surface area contributed by atoms with Crippen molar-refractivity contribution in [2.75, 3.05) is 6.54 Å². The van der Waals surface area contributed by atoms with Crippen LogP contribution >= 0.6 is 0 Å². The summed E-state index contributed by atoms with van der Waals surface area (Å²) in [5, 5.41) is 31.3. The van der Waals surface area contributed by atoms with E-state index in [9.17, 15) is 25.3 Å². The number of quaternary nitrogens is 1. The number of hydrogen-bond acceptors (Lipinski definition) is 5. The van der Waals surface area contributed by atoms with Gasteiger partial charge in [0.15, 0.2) is 0 Å². The minimum Gasteiger partial charge on any atom is -0.868 e. The van der Waals surface area contributed by atoms with Crippen LogP contribution in [0.1, 0.15) is 19.8 Å². The molecule has 0 saturated heterocycles. The summed E-state index contributed by atoms with van der Waals surface area (Å²) in [6.45, 7) is 3.27. The van der Waals surface area contributed by atoms with Gasteiger partial charge in [-0.15, -0.1) is 0 Å². The van der Waals surface area contributed by atoms with E-state index in [0.717, 1.165) is 24.7 Å². The Bertz CT molecular complexity index is 420. The molecule has 0 amide bonds. The second-order valence-corrected chi connectivity index (χ2v) is 3.35. The van der Waals surface area contributed by atoms with Gasteiger partial charge in [0, 0.05) is 6.07 Å². The van der Waals surface area contributed by atoms with Crippen molar-refractivity contribution in [2.45, 2.75) is 19.8 Å². The summed E-state index contributed by atoms with van der Waals surface area (Å²) in [6.07, 6.45) is 2.56. The predicted octanol–water partition coefficient (Wildman–Crippen LogP) is 0.605. The topological polar surface area (TPSA) is 137 Å². The van der Waals surface area contributed by atoms with Crippen molar-refractivity contribution in [3.8, 4) is 5.75 Å². The van der Waals surface area contributed by atoms with Gasteiger partial charge in [0.05, 0.1) is 16.4 Å². The SMILES string of the molecule is CCCC[NH3+].O=[N+]([O-])c1cccc([O-])c1[N+](=O)[O-]. The van der Waals surface area contributed by atoms with Crippen LogP contribution in [0.25, 0.3) is 0 Å². The molecule has 0 aliphatic rings. The highest BCUT2D eigenvalue weighted by atomic mass is 16.6. The van der Waals surface area contributed by atoms with Crippen molar-refractivity contribution in [3.05, 3.63) is 38.4 Å². The van der Waals surface area contributed by atoms with Gasteiger partial charge in [-0.2, -0.15) is 0 Å². The first-order valence-electron chi connectivity index (χ1n) is 5.33. The number of benzene rings is 1. The van der Waals surface area contributed by atoms with Crippen LogP contribution in [0.3, 0.4) is 0 Å². The maximum Gasteiger partial charge on any atom is 0.345 e. The van der Waals surface area contributed by atoms with Crippen LogP contribution in [0.2, 0.25) is 0 Å². The zero-order valence-corrected chi connectivity index (χ0v) is 10.00. The zero-order valence-electron chi connectivity index (χ0n) is 10.00. The van der Waals surface area contributed by atoms with Gasteiger partial charge in [-0.25, -0.2) is 0 Å². The van der Waals surface area contributed by atoms with E-state index < -0.39 is 27.0 Å². The summed E-state index contributed by atoms with van der Waals surface area (Å²) in [4.78, 5) is 18.5. The Balaban J connectivity index is 0.000000494. The molecule has 0 aromatic heterocycles. The van der Waals surface area contributed by atoms with Crippen molar-refractivity contribution in [1.29, 1.82) is 0 Å². The molecular weight excluding hydrogens is 242 g/mol. The summed E-state index contributed by atoms with van der Waals surface area (Å²) in [5.74, 6) is -0.959. The van der Waals surface area contributed by atoms with Crippen molar-refractivity contribution < 1.29 is 20.7 Å². The monoisotopic (exact) mass is 257 g/mol. The third-order valence-corrected chi connectivity index (χ3v) is 1.96. The molecule has 100 valence electrons. The van der Waals surface area contributed by atoms with Gasteiger partial charge in [-0.05, 0) is 12.2 Å². The second-order valence-electron chi connectivity index (χ2n) is 3.35. The van der Waals surface area contributed by atoms with Gasteiger partial charge in [0.1, 0.15) is 0 Å². The number of nitro benzene ring substituents is 2. The fraction of sp³-hybridized carbons (Fsp3) is 0.400. The van der Waals surface area contributed by atoms with E-state index in [1.54, 1.807) is 0 Å². The number of nitrogens with zero attached hydrogens (tertiary/aromatic N) is 2. The largest absolute Gasteiger partial charge is 0.868 e. The molecular formula is C10H15N3O5. The second kappa shape index (κ2) is 7.96. The van der Waals surface area contributed by atoms with Crippen LogP contribution in [0, 0.1) is 20.2 Å². The fourth-order valence-corrected chi connectivity index (χ4v) is 1.09. The maximum atomic E-state index is 10.8. The fourth-order valence-electron chi connectivity index (χ4n) is 1.09. The maximum absolute atomic E-state index is 10.8. The summed E-state index contributed by atoms with van der Waals surface area (Å²) in [6, 6.07) is 2.93. The Morgan fingerprint density at radius 2 is 1.83 bits per heavy atom. The first kappa shape index (κ1) is 15.8. The number of unbranched alkanes of at least 4 members (excludes halogenated alkanes) is 1. The van der Waals surface area contributed by atoms with Crippen LogP contribution in [0.15, 0.2) is 18.2 Å². The van der Waals surface area contributed by atoms with Crippen LogP contribution in [-0.2, 0) is 0 Å². The van der Waals surface area contributed by atoms with E-state index in [0.29, 0.717) is 0 Å². The molecule has 0 atom stereocenters. The van der Waals surface area contributed by atoms with Gasteiger partial charge in [-0.1, -0.05) is 25.5 Å². The van der Waals surface area contributed by atoms with Crippen LogP contribution < -0.4 is 10.8 Å². The highest BCUT2D eigenvalue weighted by molar-refractivity contribution is 5.60. The van der Waals surface area contributed by atoms with E-state index in [4.69, 9.17) is 0 Å². The zero-order chi connectivity index (χ0) is 14.1. The van der Waals surface area contributed by atoms with Gasteiger partial charge in [0.25, 0.3) is 0 Å². The lowest BCUT2D eigenvalue weighted by atomic mass is 10.2. The Hall–Kier alpha value is -2.22. The average molecular weight is 257 g/mol. The molecule has 8 heteroatoms. The quantitative estimate of drug-likeness (QED) is 0.622. The lowest BCUT2D eigenvalue weighted by Crippen LogP contribution is -2.49. The molecule has 8 nitrogen and oxygen atoms in total. The lowest BCUT2D eigenvalue weighted by molar-refractivity contribution is -0.429. The number of hydrogen-bond donors (Lipinski definition) is 1. The van der Waals surface area contributed by atoms with Gasteiger partial charge in [-0.3, -0.25) is 20.2 Å². The standard InChI is InChI=1S/C6H4N2O5.C4H11N/c9-5-3-1-2-4(7(10)11)6(5)8(12)13;1-2-3-4-5/h1-3,9H;2-5H2,1H3. The Morgan fingerprint density at radius 1 is 1.22 bits per heavy atom. The summed E-state index contributed by atoms with van der Waals surface area (Å²) < 4.78 is 0.